The van der Waals surface area contributed by atoms with E-state index in [1.165, 1.54) is 7.11 Å². The second kappa shape index (κ2) is 9.13. The first-order valence-electron chi connectivity index (χ1n) is 10.2. The Kier molecular flexibility index (Phi) is 6.13. The predicted molar refractivity (Wildman–Crippen MR) is 115 cm³/mol. The van der Waals surface area contributed by atoms with Gasteiger partial charge in [-0.05, 0) is 37.1 Å². The number of methoxy groups -OCH3 is 2. The van der Waals surface area contributed by atoms with E-state index in [-0.39, 0.29) is 12.1 Å². The Morgan fingerprint density at radius 3 is 2.65 bits per heavy atom. The molecule has 1 fully saturated rings. The highest BCUT2D eigenvalue weighted by molar-refractivity contribution is 6.00. The molecule has 31 heavy (non-hydrogen) atoms. The van der Waals surface area contributed by atoms with Crippen LogP contribution < -0.4 is 5.32 Å². The number of nitrogens with one attached hydrogen (secondary N) is 1. The van der Waals surface area contributed by atoms with Gasteiger partial charge in [0, 0.05) is 32.4 Å². The molecule has 1 aliphatic rings. The van der Waals surface area contributed by atoms with Crippen molar-refractivity contribution < 1.29 is 19.1 Å². The molecule has 9 heteroatoms. The van der Waals surface area contributed by atoms with E-state index in [9.17, 15) is 9.59 Å². The molecule has 4 rings (SSSR count). The molecular weight excluding hydrogens is 398 g/mol. The number of aromatic nitrogens is 3. The molecular formula is C22H25N5O4. The predicted octanol–water partition coefficient (Wildman–Crippen LogP) is 3.23. The summed E-state index contributed by atoms with van der Waals surface area (Å²) in [7, 11) is 2.97. The van der Waals surface area contributed by atoms with Gasteiger partial charge in [-0.1, -0.05) is 12.1 Å². The van der Waals surface area contributed by atoms with Crippen LogP contribution in [0.25, 0.3) is 11.2 Å². The third kappa shape index (κ3) is 4.22. The Hall–Kier alpha value is -3.46. The summed E-state index contributed by atoms with van der Waals surface area (Å²) in [5.41, 5.74) is 2.45. The quantitative estimate of drug-likeness (QED) is 0.633. The van der Waals surface area contributed by atoms with Crippen molar-refractivity contribution in [3.8, 4) is 0 Å². The molecule has 1 aliphatic heterocycles. The Balaban J connectivity index is 1.46. The molecule has 1 N–H and O–H groups in total. The number of pyridine rings is 1. The van der Waals surface area contributed by atoms with E-state index in [1.54, 1.807) is 42.5 Å². The van der Waals surface area contributed by atoms with Gasteiger partial charge in [0.1, 0.15) is 17.9 Å². The number of carbonyl (C=O) groups is 2. The van der Waals surface area contributed by atoms with Crippen molar-refractivity contribution >= 4 is 28.9 Å². The van der Waals surface area contributed by atoms with E-state index in [4.69, 9.17) is 9.47 Å². The number of hydrogen-bond donors (Lipinski definition) is 1. The topological polar surface area (TPSA) is 98.6 Å². The molecule has 0 saturated carbocycles. The van der Waals surface area contributed by atoms with E-state index >= 15 is 0 Å². The molecule has 0 unspecified atom stereocenters. The zero-order chi connectivity index (χ0) is 21.8. The average molecular weight is 423 g/mol. The molecule has 162 valence electrons. The minimum absolute atomic E-state index is 0.177. The van der Waals surface area contributed by atoms with E-state index in [0.717, 1.165) is 29.8 Å². The summed E-state index contributed by atoms with van der Waals surface area (Å²) >= 11 is 0. The maximum Gasteiger partial charge on any atom is 0.339 e. The minimum atomic E-state index is -0.486. The first kappa shape index (κ1) is 20.8. The lowest BCUT2D eigenvalue weighted by molar-refractivity contribution is 0.0602. The SMILES string of the molecule is COCc1nc2cccnc2n1C1CCN(C(=O)Nc2ccccc2C(=O)OC)CC1. The zero-order valence-corrected chi connectivity index (χ0v) is 17.6. The first-order valence-corrected chi connectivity index (χ1v) is 10.2. The Morgan fingerprint density at radius 1 is 1.13 bits per heavy atom. The van der Waals surface area contributed by atoms with Gasteiger partial charge < -0.3 is 24.3 Å². The molecule has 0 spiro atoms. The highest BCUT2D eigenvalue weighted by atomic mass is 16.5. The van der Waals surface area contributed by atoms with E-state index in [2.05, 4.69) is 19.9 Å². The van der Waals surface area contributed by atoms with Crippen LogP contribution in [0.3, 0.4) is 0 Å². The van der Waals surface area contributed by atoms with Crippen molar-refractivity contribution in [2.75, 3.05) is 32.6 Å². The fourth-order valence-corrected chi connectivity index (χ4v) is 3.99. The van der Waals surface area contributed by atoms with Crippen LogP contribution in [0.2, 0.25) is 0 Å². The number of para-hydroxylation sites is 1. The van der Waals surface area contributed by atoms with Gasteiger partial charge in [0.2, 0.25) is 0 Å². The van der Waals surface area contributed by atoms with E-state index in [1.807, 2.05) is 12.1 Å². The van der Waals surface area contributed by atoms with Gasteiger partial charge in [-0.15, -0.1) is 0 Å². The summed E-state index contributed by atoms with van der Waals surface area (Å²) in [5, 5.41) is 2.84. The number of rotatable bonds is 5. The number of piperidine rings is 1. The number of urea groups is 1. The fourth-order valence-electron chi connectivity index (χ4n) is 3.99. The maximum atomic E-state index is 12.8. The van der Waals surface area contributed by atoms with Gasteiger partial charge in [-0.25, -0.2) is 19.6 Å². The lowest BCUT2D eigenvalue weighted by Gasteiger charge is -2.33. The van der Waals surface area contributed by atoms with Crippen molar-refractivity contribution in [1.29, 1.82) is 0 Å². The second-order valence-corrected chi connectivity index (χ2v) is 7.36. The van der Waals surface area contributed by atoms with Gasteiger partial charge in [-0.2, -0.15) is 0 Å². The maximum absolute atomic E-state index is 12.8. The number of fused-ring (bicyclic) bond motifs is 1. The molecule has 0 bridgehead atoms. The molecule has 0 atom stereocenters. The summed E-state index contributed by atoms with van der Waals surface area (Å²) < 4.78 is 12.3. The summed E-state index contributed by atoms with van der Waals surface area (Å²) in [5.74, 6) is 0.353. The lowest BCUT2D eigenvalue weighted by atomic mass is 10.0. The largest absolute Gasteiger partial charge is 0.465 e. The number of anilines is 1. The monoisotopic (exact) mass is 423 g/mol. The molecule has 0 radical (unpaired) electrons. The van der Waals surface area contributed by atoms with Crippen LogP contribution in [-0.2, 0) is 16.1 Å². The van der Waals surface area contributed by atoms with Crippen molar-refractivity contribution in [3.05, 3.63) is 54.0 Å². The van der Waals surface area contributed by atoms with Crippen LogP contribution in [0.4, 0.5) is 10.5 Å². The van der Waals surface area contributed by atoms with Crippen molar-refractivity contribution in [2.24, 2.45) is 0 Å². The number of likely N-dealkylation sites (tertiary alicyclic amines) is 1. The number of esters is 1. The van der Waals surface area contributed by atoms with Gasteiger partial charge in [0.15, 0.2) is 5.65 Å². The molecule has 1 aromatic carbocycles. The number of imidazole rings is 1. The van der Waals surface area contributed by atoms with Crippen molar-refractivity contribution in [1.82, 2.24) is 19.4 Å². The van der Waals surface area contributed by atoms with Gasteiger partial charge >= 0.3 is 12.0 Å². The highest BCUT2D eigenvalue weighted by Gasteiger charge is 2.27. The molecule has 3 aromatic rings. The Labute approximate surface area is 180 Å². The van der Waals surface area contributed by atoms with Gasteiger partial charge in [-0.3, -0.25) is 0 Å². The van der Waals surface area contributed by atoms with Crippen LogP contribution in [-0.4, -0.2) is 58.7 Å². The third-order valence-electron chi connectivity index (χ3n) is 5.49. The summed E-state index contributed by atoms with van der Waals surface area (Å²) in [4.78, 5) is 35.7. The number of benzene rings is 1. The molecule has 0 aliphatic carbocycles. The van der Waals surface area contributed by atoms with E-state index in [0.29, 0.717) is 30.9 Å². The Bertz CT molecular complexity index is 1090. The van der Waals surface area contributed by atoms with Crippen LogP contribution >= 0.6 is 0 Å². The van der Waals surface area contributed by atoms with E-state index < -0.39 is 5.97 Å². The van der Waals surface area contributed by atoms with Crippen LogP contribution in [0.1, 0.15) is 35.1 Å². The number of ether oxygens (including phenoxy) is 2. The molecule has 3 heterocycles. The molecule has 1 saturated heterocycles. The third-order valence-corrected chi connectivity index (χ3v) is 5.49. The fraction of sp³-hybridized carbons (Fsp3) is 0.364. The summed E-state index contributed by atoms with van der Waals surface area (Å²) in [6, 6.07) is 10.6. The minimum Gasteiger partial charge on any atom is -0.465 e. The molecule has 2 aromatic heterocycles. The number of nitrogens with zero attached hydrogens (tertiary/aromatic N) is 4. The molecule has 9 nitrogen and oxygen atoms in total. The summed E-state index contributed by atoms with van der Waals surface area (Å²) in [6.07, 6.45) is 3.30. The van der Waals surface area contributed by atoms with Crippen molar-refractivity contribution in [2.45, 2.75) is 25.5 Å². The highest BCUT2D eigenvalue weighted by Crippen LogP contribution is 2.29. The van der Waals surface area contributed by atoms with Gasteiger partial charge in [0.05, 0.1) is 18.4 Å². The normalized spacial score (nSPS) is 14.6. The zero-order valence-electron chi connectivity index (χ0n) is 17.6. The molecule has 2 amide bonds. The summed E-state index contributed by atoms with van der Waals surface area (Å²) in [6.45, 7) is 1.56. The van der Waals surface area contributed by atoms with Crippen LogP contribution in [0, 0.1) is 0 Å². The smallest absolute Gasteiger partial charge is 0.339 e. The van der Waals surface area contributed by atoms with Crippen LogP contribution in [0.15, 0.2) is 42.6 Å². The average Bonchev–Trinajstić information content (AvgIpc) is 3.17. The number of hydrogen-bond acceptors (Lipinski definition) is 6. The standard InChI is InChI=1S/C22H25N5O4/c1-30-14-19-24-18-8-5-11-23-20(18)27(19)15-9-12-26(13-10-15)22(29)25-17-7-4-3-6-16(17)21(28)31-2/h3-8,11,15H,9-10,12-14H2,1-2H3,(H,25,29). The van der Waals surface area contributed by atoms with Crippen LogP contribution in [0.5, 0.6) is 0 Å². The number of amides is 2. The first-order chi connectivity index (χ1) is 15.1. The lowest BCUT2D eigenvalue weighted by Crippen LogP contribution is -2.41. The van der Waals surface area contributed by atoms with Crippen molar-refractivity contribution in [3.63, 3.8) is 0 Å². The van der Waals surface area contributed by atoms with Gasteiger partial charge in [0.25, 0.3) is 0 Å². The Morgan fingerprint density at radius 2 is 1.90 bits per heavy atom. The number of carbonyl (C=O) groups excluding carboxylic acids is 2. The second-order valence-electron chi connectivity index (χ2n) is 7.36.